The minimum absolute atomic E-state index is 0.379. The fourth-order valence-corrected chi connectivity index (χ4v) is 2.64. The van der Waals surface area contributed by atoms with Crippen LogP contribution in [0.15, 0.2) is 54.6 Å². The van der Waals surface area contributed by atoms with Crippen molar-refractivity contribution >= 4 is 0 Å². The Bertz CT molecular complexity index is 927. The number of hydrogen-bond acceptors (Lipinski definition) is 5. The Kier molecular flexibility index (Phi) is 4.83. The van der Waals surface area contributed by atoms with Crippen LogP contribution < -0.4 is 9.47 Å². The Morgan fingerprint density at radius 1 is 0.769 bits per heavy atom. The molecule has 0 aliphatic carbocycles. The summed E-state index contributed by atoms with van der Waals surface area (Å²) in [4.78, 5) is 4.61. The predicted molar refractivity (Wildman–Crippen MR) is 97.6 cm³/mol. The van der Waals surface area contributed by atoms with Crippen LogP contribution >= 0.6 is 0 Å². The third-order valence-electron chi connectivity index (χ3n) is 3.98. The number of rotatable bonds is 4. The van der Waals surface area contributed by atoms with E-state index in [9.17, 15) is 0 Å². The van der Waals surface area contributed by atoms with E-state index in [1.54, 1.807) is 31.4 Å². The Labute approximate surface area is 151 Å². The fraction of sp³-hybridized carbons (Fsp3) is 0.0952. The van der Waals surface area contributed by atoms with Gasteiger partial charge in [-0.2, -0.15) is 10.5 Å². The van der Waals surface area contributed by atoms with E-state index in [4.69, 9.17) is 20.0 Å². The summed E-state index contributed by atoms with van der Waals surface area (Å²) in [6.45, 7) is 0. The molecule has 5 heteroatoms. The normalized spacial score (nSPS) is 9.85. The van der Waals surface area contributed by atoms with E-state index in [0.29, 0.717) is 28.5 Å². The van der Waals surface area contributed by atoms with Crippen LogP contribution in [-0.2, 0) is 0 Å². The van der Waals surface area contributed by atoms with E-state index in [1.807, 2.05) is 30.3 Å². The van der Waals surface area contributed by atoms with Crippen LogP contribution in [0, 0.1) is 22.7 Å². The van der Waals surface area contributed by atoms with Crippen LogP contribution in [0.5, 0.6) is 11.6 Å². The number of ether oxygens (including phenoxy) is 2. The molecule has 0 amide bonds. The van der Waals surface area contributed by atoms with Crippen molar-refractivity contribution < 1.29 is 9.47 Å². The molecule has 0 saturated heterocycles. The molecule has 0 unspecified atom stereocenters. The van der Waals surface area contributed by atoms with Gasteiger partial charge in [0.1, 0.15) is 0 Å². The maximum atomic E-state index is 9.01. The van der Waals surface area contributed by atoms with E-state index in [0.717, 1.165) is 16.7 Å². The molecule has 3 rings (SSSR count). The minimum atomic E-state index is 0.379. The largest absolute Gasteiger partial charge is 0.491 e. The standard InChI is InChI=1S/C21H15N3O2/c1-25-19-11-18(16-7-3-14(12-22)4-8-16)20(24-21(19)26-2)17-9-5-15(13-23)6-10-17/h3-11H,1-2H3. The number of nitriles is 2. The molecular formula is C21H15N3O2. The summed E-state index contributed by atoms with van der Waals surface area (Å²) in [6.07, 6.45) is 0. The van der Waals surface area contributed by atoms with Crippen LogP contribution in [-0.4, -0.2) is 19.2 Å². The fourth-order valence-electron chi connectivity index (χ4n) is 2.64. The van der Waals surface area contributed by atoms with E-state index < -0.39 is 0 Å². The van der Waals surface area contributed by atoms with Gasteiger partial charge in [-0.15, -0.1) is 0 Å². The summed E-state index contributed by atoms with van der Waals surface area (Å²) in [7, 11) is 3.10. The Morgan fingerprint density at radius 2 is 1.31 bits per heavy atom. The molecule has 0 spiro atoms. The Balaban J connectivity index is 2.22. The van der Waals surface area contributed by atoms with Gasteiger partial charge in [0.25, 0.3) is 5.88 Å². The first kappa shape index (κ1) is 17.0. The number of pyridine rings is 1. The summed E-state index contributed by atoms with van der Waals surface area (Å²) in [5.41, 5.74) is 4.46. The Hall–Kier alpha value is -3.83. The average Bonchev–Trinajstić information content (AvgIpc) is 2.73. The number of benzene rings is 2. The van der Waals surface area contributed by atoms with Crippen molar-refractivity contribution in [1.82, 2.24) is 4.98 Å². The molecular weight excluding hydrogens is 326 g/mol. The first-order chi connectivity index (χ1) is 12.7. The van der Waals surface area contributed by atoms with Crippen LogP contribution in [0.2, 0.25) is 0 Å². The van der Waals surface area contributed by atoms with Gasteiger partial charge >= 0.3 is 0 Å². The second kappa shape index (κ2) is 7.38. The Morgan fingerprint density at radius 3 is 1.77 bits per heavy atom. The van der Waals surface area contributed by atoms with Crippen molar-refractivity contribution in [3.05, 3.63) is 65.7 Å². The lowest BCUT2D eigenvalue weighted by molar-refractivity contribution is 0.343. The molecule has 2 aromatic carbocycles. The molecule has 1 heterocycles. The molecule has 0 radical (unpaired) electrons. The summed E-state index contributed by atoms with van der Waals surface area (Å²) in [5, 5.41) is 18.0. The predicted octanol–water partition coefficient (Wildman–Crippen LogP) is 4.18. The molecule has 126 valence electrons. The molecule has 5 nitrogen and oxygen atoms in total. The maximum absolute atomic E-state index is 9.01. The smallest absolute Gasteiger partial charge is 0.257 e. The van der Waals surface area contributed by atoms with Crippen molar-refractivity contribution in [2.24, 2.45) is 0 Å². The van der Waals surface area contributed by atoms with Crippen LogP contribution in [0.4, 0.5) is 0 Å². The van der Waals surface area contributed by atoms with E-state index >= 15 is 0 Å². The SMILES string of the molecule is COc1cc(-c2ccc(C#N)cc2)c(-c2ccc(C#N)cc2)nc1OC. The second-order valence-electron chi connectivity index (χ2n) is 5.47. The zero-order chi connectivity index (χ0) is 18.5. The molecule has 0 saturated carbocycles. The third-order valence-corrected chi connectivity index (χ3v) is 3.98. The number of methoxy groups -OCH3 is 2. The first-order valence-corrected chi connectivity index (χ1v) is 7.84. The van der Waals surface area contributed by atoms with Crippen molar-refractivity contribution in [1.29, 1.82) is 10.5 Å². The molecule has 26 heavy (non-hydrogen) atoms. The summed E-state index contributed by atoms with van der Waals surface area (Å²) in [6, 6.07) is 20.5. The van der Waals surface area contributed by atoms with Gasteiger partial charge in [0.2, 0.25) is 0 Å². The zero-order valence-corrected chi connectivity index (χ0v) is 14.4. The topological polar surface area (TPSA) is 78.9 Å². The van der Waals surface area contributed by atoms with Gasteiger partial charge in [0.15, 0.2) is 5.75 Å². The van der Waals surface area contributed by atoms with Gasteiger partial charge in [0, 0.05) is 11.1 Å². The molecule has 3 aromatic rings. The average molecular weight is 341 g/mol. The molecule has 0 fully saturated rings. The molecule has 0 aliphatic rings. The molecule has 0 aliphatic heterocycles. The van der Waals surface area contributed by atoms with Crippen LogP contribution in [0.1, 0.15) is 11.1 Å². The van der Waals surface area contributed by atoms with Crippen molar-refractivity contribution in [2.45, 2.75) is 0 Å². The van der Waals surface area contributed by atoms with Crippen molar-refractivity contribution in [2.75, 3.05) is 14.2 Å². The summed E-state index contributed by atoms with van der Waals surface area (Å²) >= 11 is 0. The van der Waals surface area contributed by atoms with Crippen LogP contribution in [0.25, 0.3) is 22.4 Å². The number of hydrogen-bond donors (Lipinski definition) is 0. The van der Waals surface area contributed by atoms with E-state index in [1.165, 1.54) is 7.11 Å². The monoisotopic (exact) mass is 341 g/mol. The van der Waals surface area contributed by atoms with Gasteiger partial charge in [-0.25, -0.2) is 4.98 Å². The van der Waals surface area contributed by atoms with Gasteiger partial charge in [-0.05, 0) is 35.9 Å². The van der Waals surface area contributed by atoms with E-state index in [-0.39, 0.29) is 0 Å². The highest BCUT2D eigenvalue weighted by molar-refractivity contribution is 5.83. The zero-order valence-electron chi connectivity index (χ0n) is 14.4. The van der Waals surface area contributed by atoms with Gasteiger partial charge in [-0.3, -0.25) is 0 Å². The van der Waals surface area contributed by atoms with Gasteiger partial charge in [-0.1, -0.05) is 24.3 Å². The molecule has 0 bridgehead atoms. The summed E-state index contributed by atoms with van der Waals surface area (Å²) < 4.78 is 10.7. The second-order valence-corrected chi connectivity index (χ2v) is 5.47. The van der Waals surface area contributed by atoms with Crippen molar-refractivity contribution in [3.63, 3.8) is 0 Å². The first-order valence-electron chi connectivity index (χ1n) is 7.84. The summed E-state index contributed by atoms with van der Waals surface area (Å²) in [5.74, 6) is 0.897. The van der Waals surface area contributed by atoms with Gasteiger partial charge < -0.3 is 9.47 Å². The third kappa shape index (κ3) is 3.19. The van der Waals surface area contributed by atoms with Gasteiger partial charge in [0.05, 0.1) is 43.2 Å². The molecule has 0 atom stereocenters. The number of aromatic nitrogens is 1. The highest BCUT2D eigenvalue weighted by Gasteiger charge is 2.16. The highest BCUT2D eigenvalue weighted by atomic mass is 16.5. The molecule has 1 aromatic heterocycles. The van der Waals surface area contributed by atoms with E-state index in [2.05, 4.69) is 17.1 Å². The lowest BCUT2D eigenvalue weighted by atomic mass is 9.97. The molecule has 0 N–H and O–H groups in total. The highest BCUT2D eigenvalue weighted by Crippen LogP contribution is 2.38. The van der Waals surface area contributed by atoms with Crippen LogP contribution in [0.3, 0.4) is 0 Å². The maximum Gasteiger partial charge on any atom is 0.257 e. The quantitative estimate of drug-likeness (QED) is 0.711. The lowest BCUT2D eigenvalue weighted by Gasteiger charge is -2.14. The minimum Gasteiger partial charge on any atom is -0.491 e. The van der Waals surface area contributed by atoms with Crippen molar-refractivity contribution in [3.8, 4) is 46.2 Å². The number of nitrogens with zero attached hydrogens (tertiary/aromatic N) is 3. The lowest BCUT2D eigenvalue weighted by Crippen LogP contribution is -1.98.